The summed E-state index contributed by atoms with van der Waals surface area (Å²) < 4.78 is 0. The summed E-state index contributed by atoms with van der Waals surface area (Å²) in [7, 11) is 0. The van der Waals surface area contributed by atoms with Crippen LogP contribution in [0.2, 0.25) is 0 Å². The predicted molar refractivity (Wildman–Crippen MR) is 45.0 cm³/mol. The molecular formula is C10H9LiO3. The van der Waals surface area contributed by atoms with Crippen molar-refractivity contribution in [2.24, 2.45) is 0 Å². The van der Waals surface area contributed by atoms with Crippen molar-refractivity contribution in [1.29, 1.82) is 0 Å². The van der Waals surface area contributed by atoms with Crippen LogP contribution in [0.1, 0.15) is 23.2 Å². The van der Waals surface area contributed by atoms with Crippen molar-refractivity contribution < 1.29 is 33.6 Å². The summed E-state index contributed by atoms with van der Waals surface area (Å²) in [6.07, 6.45) is -0.208. The second kappa shape index (κ2) is 6.42. The summed E-state index contributed by atoms with van der Waals surface area (Å²) >= 11 is 0. The molecule has 0 radical (unpaired) electrons. The maximum Gasteiger partial charge on any atom is 1.00 e. The molecule has 0 atom stereocenters. The Kier molecular flexibility index (Phi) is 5.94. The van der Waals surface area contributed by atoms with Gasteiger partial charge in [0.25, 0.3) is 0 Å². The third kappa shape index (κ3) is 4.27. The van der Waals surface area contributed by atoms with E-state index in [1.165, 1.54) is 0 Å². The van der Waals surface area contributed by atoms with Crippen molar-refractivity contribution in [2.45, 2.75) is 12.8 Å². The standard InChI is InChI=1S/C10H10O3.Li/c11-9(6-7-10(12)13)8-4-2-1-3-5-8;/h1-5H,6-7H2,(H,12,13);/q;+1/p-1. The van der Waals surface area contributed by atoms with Crippen LogP contribution in [0.5, 0.6) is 0 Å². The summed E-state index contributed by atoms with van der Waals surface area (Å²) in [5.41, 5.74) is 0.545. The number of carbonyl (C=O) groups excluding carboxylic acids is 2. The number of ketones is 1. The number of aliphatic carboxylic acids is 1. The molecule has 68 valence electrons. The molecule has 3 nitrogen and oxygen atoms in total. The molecule has 0 unspecified atom stereocenters. The number of rotatable bonds is 4. The molecule has 0 N–H and O–H groups in total. The average molecular weight is 184 g/mol. The van der Waals surface area contributed by atoms with Crippen LogP contribution >= 0.6 is 0 Å². The van der Waals surface area contributed by atoms with Crippen LogP contribution in [0.15, 0.2) is 30.3 Å². The zero-order valence-corrected chi connectivity index (χ0v) is 8.03. The van der Waals surface area contributed by atoms with Crippen molar-refractivity contribution in [3.8, 4) is 0 Å². The molecular weight excluding hydrogens is 175 g/mol. The van der Waals surface area contributed by atoms with Crippen LogP contribution in [0, 0.1) is 0 Å². The van der Waals surface area contributed by atoms with Crippen LogP contribution in [-0.4, -0.2) is 11.8 Å². The second-order valence-electron chi connectivity index (χ2n) is 2.66. The maximum atomic E-state index is 11.3. The number of hydrogen-bond donors (Lipinski definition) is 0. The Labute approximate surface area is 94.3 Å². The molecule has 4 heteroatoms. The van der Waals surface area contributed by atoms with Crippen LogP contribution < -0.4 is 24.0 Å². The number of carboxylic acids is 1. The third-order valence-electron chi connectivity index (χ3n) is 1.65. The summed E-state index contributed by atoms with van der Waals surface area (Å²) in [5, 5.41) is 10.1. The smallest absolute Gasteiger partial charge is 0.550 e. The number of carbonyl (C=O) groups is 2. The molecule has 0 fully saturated rings. The zero-order chi connectivity index (χ0) is 9.68. The van der Waals surface area contributed by atoms with Crippen molar-refractivity contribution in [3.05, 3.63) is 35.9 Å². The predicted octanol–water partition coefficient (Wildman–Crippen LogP) is -2.60. The first-order valence-electron chi connectivity index (χ1n) is 3.98. The number of Topliss-reactive ketones (excluding diaryl/α,β-unsaturated/α-hetero) is 1. The molecule has 0 spiro atoms. The first kappa shape index (κ1) is 13.0. The van der Waals surface area contributed by atoms with E-state index in [1.54, 1.807) is 30.3 Å². The van der Waals surface area contributed by atoms with E-state index in [0.717, 1.165) is 0 Å². The molecule has 0 aliphatic heterocycles. The first-order chi connectivity index (χ1) is 6.20. The monoisotopic (exact) mass is 184 g/mol. The van der Waals surface area contributed by atoms with E-state index in [0.29, 0.717) is 5.56 Å². The molecule has 0 aliphatic rings. The summed E-state index contributed by atoms with van der Waals surface area (Å²) in [6.45, 7) is 0. The van der Waals surface area contributed by atoms with Gasteiger partial charge in [-0.2, -0.15) is 0 Å². The Morgan fingerprint density at radius 1 is 1.07 bits per heavy atom. The van der Waals surface area contributed by atoms with Gasteiger partial charge in [-0.15, -0.1) is 0 Å². The minimum absolute atomic E-state index is 0. The fourth-order valence-corrected chi connectivity index (χ4v) is 0.984. The zero-order valence-electron chi connectivity index (χ0n) is 8.03. The third-order valence-corrected chi connectivity index (χ3v) is 1.65. The largest absolute Gasteiger partial charge is 1.00 e. The van der Waals surface area contributed by atoms with Crippen molar-refractivity contribution in [3.63, 3.8) is 0 Å². The van der Waals surface area contributed by atoms with E-state index in [2.05, 4.69) is 0 Å². The van der Waals surface area contributed by atoms with E-state index in [-0.39, 0.29) is 37.5 Å². The molecule has 0 saturated carbocycles. The van der Waals surface area contributed by atoms with E-state index in [9.17, 15) is 14.7 Å². The number of benzene rings is 1. The summed E-state index contributed by atoms with van der Waals surface area (Å²) in [4.78, 5) is 21.3. The second-order valence-corrected chi connectivity index (χ2v) is 2.66. The number of carboxylic acid groups (broad SMARTS) is 1. The maximum absolute atomic E-state index is 11.3. The van der Waals surface area contributed by atoms with Gasteiger partial charge in [-0.3, -0.25) is 4.79 Å². The molecule has 0 aliphatic carbocycles. The van der Waals surface area contributed by atoms with Crippen molar-refractivity contribution in [1.82, 2.24) is 0 Å². The molecule has 0 heterocycles. The Hall–Kier alpha value is -1.04. The van der Waals surface area contributed by atoms with Gasteiger partial charge < -0.3 is 9.90 Å². The topological polar surface area (TPSA) is 57.2 Å². The molecule has 0 bridgehead atoms. The Bertz CT molecular complexity index is 308. The van der Waals surface area contributed by atoms with Crippen LogP contribution in [-0.2, 0) is 4.79 Å². The summed E-state index contributed by atoms with van der Waals surface area (Å²) in [6, 6.07) is 8.61. The number of hydrogen-bond acceptors (Lipinski definition) is 3. The Morgan fingerprint density at radius 3 is 2.14 bits per heavy atom. The van der Waals surface area contributed by atoms with Crippen molar-refractivity contribution in [2.75, 3.05) is 0 Å². The van der Waals surface area contributed by atoms with Crippen LogP contribution in [0.4, 0.5) is 0 Å². The molecule has 0 aromatic heterocycles. The average Bonchev–Trinajstić information content (AvgIpc) is 2.15. The normalized spacial score (nSPS) is 8.86. The van der Waals surface area contributed by atoms with Gasteiger partial charge in [0.05, 0.1) is 0 Å². The Morgan fingerprint density at radius 2 is 1.64 bits per heavy atom. The fourth-order valence-electron chi connectivity index (χ4n) is 0.984. The molecule has 14 heavy (non-hydrogen) atoms. The van der Waals surface area contributed by atoms with E-state index in [4.69, 9.17) is 0 Å². The van der Waals surface area contributed by atoms with Gasteiger partial charge in [-0.1, -0.05) is 30.3 Å². The molecule has 1 aromatic carbocycles. The fraction of sp³-hybridized carbons (Fsp3) is 0.200. The first-order valence-corrected chi connectivity index (χ1v) is 3.98. The Balaban J connectivity index is 0.00000169. The van der Waals surface area contributed by atoms with E-state index >= 15 is 0 Å². The molecule has 0 saturated heterocycles. The van der Waals surface area contributed by atoms with Gasteiger partial charge in [-0.05, 0) is 6.42 Å². The molecule has 0 amide bonds. The van der Waals surface area contributed by atoms with Gasteiger partial charge in [0.15, 0.2) is 5.78 Å². The minimum Gasteiger partial charge on any atom is -0.550 e. The van der Waals surface area contributed by atoms with Crippen LogP contribution in [0.3, 0.4) is 0 Å². The van der Waals surface area contributed by atoms with Gasteiger partial charge in [0, 0.05) is 18.0 Å². The minimum atomic E-state index is -1.19. The van der Waals surface area contributed by atoms with Gasteiger partial charge >= 0.3 is 18.9 Å². The van der Waals surface area contributed by atoms with E-state index < -0.39 is 5.97 Å². The summed E-state index contributed by atoms with van der Waals surface area (Å²) in [5.74, 6) is -1.35. The van der Waals surface area contributed by atoms with Crippen molar-refractivity contribution >= 4 is 11.8 Å². The van der Waals surface area contributed by atoms with Gasteiger partial charge in [-0.25, -0.2) is 0 Å². The SMILES string of the molecule is O=C([O-])CCC(=O)c1ccccc1.[Li+]. The molecule has 1 aromatic rings. The molecule has 1 rings (SSSR count). The van der Waals surface area contributed by atoms with E-state index in [1.807, 2.05) is 0 Å². The van der Waals surface area contributed by atoms with Crippen LogP contribution in [0.25, 0.3) is 0 Å². The quantitative estimate of drug-likeness (QED) is 0.381. The van der Waals surface area contributed by atoms with Gasteiger partial charge in [0.2, 0.25) is 0 Å². The van der Waals surface area contributed by atoms with Gasteiger partial charge in [0.1, 0.15) is 0 Å².